The fourth-order valence-corrected chi connectivity index (χ4v) is 2.31. The van der Waals surface area contributed by atoms with Crippen LogP contribution in [0.2, 0.25) is 0 Å². The largest absolute Gasteiger partial charge is 0.484 e. The Balaban J connectivity index is 1.54. The van der Waals surface area contributed by atoms with Crippen LogP contribution in [-0.2, 0) is 11.3 Å². The third kappa shape index (κ3) is 3.86. The Morgan fingerprint density at radius 3 is 2.70 bits per heavy atom. The minimum atomic E-state index is -0.164. The molecule has 0 aliphatic carbocycles. The Labute approximate surface area is 135 Å². The van der Waals surface area contributed by atoms with Gasteiger partial charge in [0.2, 0.25) is 0 Å². The van der Waals surface area contributed by atoms with Crippen molar-refractivity contribution in [2.45, 2.75) is 13.5 Å². The topological polar surface area (TPSA) is 51.2 Å². The van der Waals surface area contributed by atoms with Crippen LogP contribution in [0.15, 0.2) is 60.7 Å². The number of fused-ring (bicyclic) bond motifs is 1. The molecule has 1 aromatic heterocycles. The molecule has 4 nitrogen and oxygen atoms in total. The van der Waals surface area contributed by atoms with Gasteiger partial charge in [-0.05, 0) is 30.7 Å². The number of nitrogens with one attached hydrogen (secondary N) is 1. The molecule has 0 atom stereocenters. The molecule has 0 saturated carbocycles. The van der Waals surface area contributed by atoms with Gasteiger partial charge in [0, 0.05) is 5.39 Å². The predicted molar refractivity (Wildman–Crippen MR) is 90.3 cm³/mol. The number of hydrogen-bond acceptors (Lipinski definition) is 3. The van der Waals surface area contributed by atoms with E-state index in [4.69, 9.17) is 4.74 Å². The molecule has 0 aliphatic heterocycles. The molecule has 0 spiro atoms. The molecule has 0 saturated heterocycles. The third-order valence-corrected chi connectivity index (χ3v) is 3.58. The van der Waals surface area contributed by atoms with Gasteiger partial charge in [0.15, 0.2) is 6.61 Å². The normalized spacial score (nSPS) is 10.5. The first-order valence-corrected chi connectivity index (χ1v) is 7.52. The van der Waals surface area contributed by atoms with Crippen molar-refractivity contribution in [3.63, 3.8) is 0 Å². The molecule has 23 heavy (non-hydrogen) atoms. The highest BCUT2D eigenvalue weighted by Crippen LogP contribution is 2.15. The molecule has 0 fully saturated rings. The highest BCUT2D eigenvalue weighted by atomic mass is 16.5. The van der Waals surface area contributed by atoms with Gasteiger partial charge >= 0.3 is 0 Å². The molecule has 2 aromatic carbocycles. The molecule has 0 aliphatic rings. The number of rotatable bonds is 5. The average Bonchev–Trinajstić information content (AvgIpc) is 2.59. The second-order valence-corrected chi connectivity index (χ2v) is 5.33. The molecule has 3 aromatic rings. The van der Waals surface area contributed by atoms with Crippen LogP contribution in [0, 0.1) is 6.92 Å². The molecule has 1 N–H and O–H groups in total. The van der Waals surface area contributed by atoms with Gasteiger partial charge in [-0.3, -0.25) is 9.78 Å². The minimum absolute atomic E-state index is 0.00155. The maximum absolute atomic E-state index is 11.9. The summed E-state index contributed by atoms with van der Waals surface area (Å²) < 4.78 is 5.52. The first-order chi connectivity index (χ1) is 11.2. The predicted octanol–water partition coefficient (Wildman–Crippen LogP) is 3.24. The van der Waals surface area contributed by atoms with E-state index in [0.717, 1.165) is 27.9 Å². The lowest BCUT2D eigenvalue weighted by Crippen LogP contribution is -2.28. The summed E-state index contributed by atoms with van der Waals surface area (Å²) in [5.41, 5.74) is 2.76. The van der Waals surface area contributed by atoms with Gasteiger partial charge in [0.1, 0.15) is 5.75 Å². The summed E-state index contributed by atoms with van der Waals surface area (Å²) in [5.74, 6) is 0.565. The second-order valence-electron chi connectivity index (χ2n) is 5.33. The van der Waals surface area contributed by atoms with Crippen molar-refractivity contribution >= 4 is 16.8 Å². The van der Waals surface area contributed by atoms with E-state index in [1.54, 1.807) is 0 Å². The van der Waals surface area contributed by atoms with Crippen LogP contribution in [0.5, 0.6) is 5.75 Å². The minimum Gasteiger partial charge on any atom is -0.484 e. The monoisotopic (exact) mass is 306 g/mol. The van der Waals surface area contributed by atoms with Crippen molar-refractivity contribution < 1.29 is 9.53 Å². The van der Waals surface area contributed by atoms with E-state index in [2.05, 4.69) is 10.3 Å². The van der Waals surface area contributed by atoms with E-state index in [1.165, 1.54) is 0 Å². The Morgan fingerprint density at radius 2 is 1.83 bits per heavy atom. The van der Waals surface area contributed by atoms with Gasteiger partial charge in [-0.2, -0.15) is 0 Å². The summed E-state index contributed by atoms with van der Waals surface area (Å²) in [5, 5.41) is 3.92. The van der Waals surface area contributed by atoms with E-state index in [-0.39, 0.29) is 12.5 Å². The van der Waals surface area contributed by atoms with E-state index < -0.39 is 0 Å². The molecule has 1 amide bonds. The van der Waals surface area contributed by atoms with Crippen LogP contribution in [-0.4, -0.2) is 17.5 Å². The molecule has 116 valence electrons. The summed E-state index contributed by atoms with van der Waals surface area (Å²) in [6.45, 7) is 2.34. The maximum Gasteiger partial charge on any atom is 0.258 e. The summed E-state index contributed by atoms with van der Waals surface area (Å²) in [6, 6.07) is 19.5. The zero-order valence-corrected chi connectivity index (χ0v) is 13.0. The standard InChI is InChI=1S/C19H18N2O2/c1-14-6-2-5-9-18(14)23-13-19(22)20-12-16-11-10-15-7-3-4-8-17(15)21-16/h2-11H,12-13H2,1H3,(H,20,22). The molecule has 0 unspecified atom stereocenters. The Bertz CT molecular complexity index is 830. The van der Waals surface area contributed by atoms with Crippen molar-refractivity contribution in [1.82, 2.24) is 10.3 Å². The van der Waals surface area contributed by atoms with Crippen molar-refractivity contribution in [2.24, 2.45) is 0 Å². The fourth-order valence-electron chi connectivity index (χ4n) is 2.31. The van der Waals surface area contributed by atoms with Crippen LogP contribution in [0.4, 0.5) is 0 Å². The van der Waals surface area contributed by atoms with E-state index >= 15 is 0 Å². The summed E-state index contributed by atoms with van der Waals surface area (Å²) in [7, 11) is 0. The molecule has 0 bridgehead atoms. The molecular formula is C19H18N2O2. The number of carbonyl (C=O) groups is 1. The zero-order valence-electron chi connectivity index (χ0n) is 13.0. The van der Waals surface area contributed by atoms with Crippen LogP contribution >= 0.6 is 0 Å². The average molecular weight is 306 g/mol. The number of hydrogen-bond donors (Lipinski definition) is 1. The summed E-state index contributed by atoms with van der Waals surface area (Å²) in [4.78, 5) is 16.4. The summed E-state index contributed by atoms with van der Waals surface area (Å²) >= 11 is 0. The quantitative estimate of drug-likeness (QED) is 0.787. The van der Waals surface area contributed by atoms with Crippen molar-refractivity contribution in [3.8, 4) is 5.75 Å². The first-order valence-electron chi connectivity index (χ1n) is 7.52. The molecule has 0 radical (unpaired) electrons. The lowest BCUT2D eigenvalue weighted by Gasteiger charge is -2.09. The van der Waals surface area contributed by atoms with Gasteiger partial charge in [-0.15, -0.1) is 0 Å². The number of benzene rings is 2. The van der Waals surface area contributed by atoms with E-state index in [1.807, 2.05) is 67.6 Å². The SMILES string of the molecule is Cc1ccccc1OCC(=O)NCc1ccc2ccccc2n1. The van der Waals surface area contributed by atoms with Crippen LogP contribution in [0.3, 0.4) is 0 Å². The number of para-hydroxylation sites is 2. The van der Waals surface area contributed by atoms with Gasteiger partial charge in [0.25, 0.3) is 5.91 Å². The summed E-state index contributed by atoms with van der Waals surface area (Å²) in [6.07, 6.45) is 0. The number of aryl methyl sites for hydroxylation is 1. The third-order valence-electron chi connectivity index (χ3n) is 3.58. The Hall–Kier alpha value is -2.88. The maximum atomic E-state index is 11.9. The molecule has 1 heterocycles. The smallest absolute Gasteiger partial charge is 0.258 e. The number of amides is 1. The van der Waals surface area contributed by atoms with Crippen LogP contribution in [0.1, 0.15) is 11.3 Å². The van der Waals surface area contributed by atoms with Gasteiger partial charge < -0.3 is 10.1 Å². The van der Waals surface area contributed by atoms with Crippen molar-refractivity contribution in [1.29, 1.82) is 0 Å². The van der Waals surface area contributed by atoms with Crippen molar-refractivity contribution in [2.75, 3.05) is 6.61 Å². The lowest BCUT2D eigenvalue weighted by molar-refractivity contribution is -0.123. The number of aromatic nitrogens is 1. The zero-order chi connectivity index (χ0) is 16.1. The number of nitrogens with zero attached hydrogens (tertiary/aromatic N) is 1. The van der Waals surface area contributed by atoms with Gasteiger partial charge in [-0.25, -0.2) is 0 Å². The first kappa shape index (κ1) is 15.0. The number of carbonyl (C=O) groups excluding carboxylic acids is 1. The Kier molecular flexibility index (Phi) is 4.52. The van der Waals surface area contributed by atoms with Gasteiger partial charge in [-0.1, -0.05) is 42.5 Å². The van der Waals surface area contributed by atoms with E-state index in [9.17, 15) is 4.79 Å². The highest BCUT2D eigenvalue weighted by molar-refractivity contribution is 5.79. The molecule has 3 rings (SSSR count). The second kappa shape index (κ2) is 6.92. The number of ether oxygens (including phenoxy) is 1. The van der Waals surface area contributed by atoms with Crippen molar-refractivity contribution in [3.05, 3.63) is 71.9 Å². The van der Waals surface area contributed by atoms with Crippen LogP contribution < -0.4 is 10.1 Å². The van der Waals surface area contributed by atoms with Gasteiger partial charge in [0.05, 0.1) is 17.8 Å². The van der Waals surface area contributed by atoms with Crippen LogP contribution in [0.25, 0.3) is 10.9 Å². The fraction of sp³-hybridized carbons (Fsp3) is 0.158. The number of pyridine rings is 1. The van der Waals surface area contributed by atoms with E-state index in [0.29, 0.717) is 6.54 Å². The lowest BCUT2D eigenvalue weighted by atomic mass is 10.2. The molecule has 4 heteroatoms. The highest BCUT2D eigenvalue weighted by Gasteiger charge is 2.05. The molecular weight excluding hydrogens is 288 g/mol. The Morgan fingerprint density at radius 1 is 1.04 bits per heavy atom.